The zero-order chi connectivity index (χ0) is 14.0. The minimum Gasteiger partial charge on any atom is -0.142 e. The van der Waals surface area contributed by atoms with Crippen LogP contribution in [0.4, 0.5) is 0 Å². The van der Waals surface area contributed by atoms with Crippen molar-refractivity contribution in [3.05, 3.63) is 33.6 Å². The molecule has 2 aromatic rings. The van der Waals surface area contributed by atoms with E-state index in [1.54, 1.807) is 11.3 Å². The molecule has 1 aromatic heterocycles. The fourth-order valence-electron chi connectivity index (χ4n) is 3.41. The van der Waals surface area contributed by atoms with Gasteiger partial charge in [-0.2, -0.15) is 0 Å². The van der Waals surface area contributed by atoms with E-state index < -0.39 is 0 Å². The van der Waals surface area contributed by atoms with Crippen LogP contribution in [-0.2, 0) is 0 Å². The van der Waals surface area contributed by atoms with Gasteiger partial charge >= 0.3 is 0 Å². The Morgan fingerprint density at radius 1 is 1.21 bits per heavy atom. The number of halogens is 2. The first-order valence-corrected chi connectivity index (χ1v) is 8.69. The van der Waals surface area contributed by atoms with E-state index in [0.717, 1.165) is 0 Å². The Balaban J connectivity index is 2.05. The van der Waals surface area contributed by atoms with Gasteiger partial charge in [-0.25, -0.2) is 0 Å². The first-order chi connectivity index (χ1) is 8.78. The third-order valence-corrected chi connectivity index (χ3v) is 7.76. The van der Waals surface area contributed by atoms with Gasteiger partial charge < -0.3 is 0 Å². The van der Waals surface area contributed by atoms with Gasteiger partial charge in [0.2, 0.25) is 0 Å². The fraction of sp³-hybridized carbons (Fsp3) is 0.500. The molecule has 0 nitrogen and oxygen atoms in total. The molecule has 1 aliphatic carbocycles. The molecule has 1 fully saturated rings. The van der Waals surface area contributed by atoms with Crippen molar-refractivity contribution in [1.29, 1.82) is 0 Å². The molecule has 1 atom stereocenters. The molecule has 3 rings (SSSR count). The molecule has 1 aliphatic rings. The van der Waals surface area contributed by atoms with Crippen molar-refractivity contribution in [1.82, 2.24) is 0 Å². The summed E-state index contributed by atoms with van der Waals surface area (Å²) in [5.41, 5.74) is 1.94. The molecule has 0 bridgehead atoms. The van der Waals surface area contributed by atoms with Crippen LogP contribution in [0.3, 0.4) is 0 Å². The monoisotopic (exact) mass is 356 g/mol. The SMILES string of the molecule is CC1(C)C(C(Cl)c2csc3c(Br)cccc23)C1(C)C. The Hall–Kier alpha value is -0.0500. The lowest BCUT2D eigenvalue weighted by molar-refractivity contribution is 0.457. The lowest BCUT2D eigenvalue weighted by atomic mass is 10.0. The fourth-order valence-corrected chi connectivity index (χ4v) is 5.96. The van der Waals surface area contributed by atoms with E-state index in [2.05, 4.69) is 67.2 Å². The Kier molecular flexibility index (Phi) is 3.09. The second-order valence-corrected chi connectivity index (χ2v) is 8.83. The van der Waals surface area contributed by atoms with E-state index in [1.807, 2.05) is 0 Å². The Morgan fingerprint density at radius 3 is 2.42 bits per heavy atom. The van der Waals surface area contributed by atoms with Crippen LogP contribution in [0, 0.1) is 16.7 Å². The summed E-state index contributed by atoms with van der Waals surface area (Å²) < 4.78 is 2.47. The smallest absolute Gasteiger partial charge is 0.0638 e. The average molecular weight is 358 g/mol. The highest BCUT2D eigenvalue weighted by atomic mass is 79.9. The maximum atomic E-state index is 6.84. The third kappa shape index (κ3) is 1.83. The van der Waals surface area contributed by atoms with Crippen LogP contribution in [0.1, 0.15) is 38.6 Å². The van der Waals surface area contributed by atoms with Crippen molar-refractivity contribution < 1.29 is 0 Å². The van der Waals surface area contributed by atoms with Crippen molar-refractivity contribution in [3.8, 4) is 0 Å². The Bertz CT molecular complexity index is 627. The van der Waals surface area contributed by atoms with Crippen LogP contribution in [0.5, 0.6) is 0 Å². The van der Waals surface area contributed by atoms with Crippen LogP contribution >= 0.6 is 38.9 Å². The van der Waals surface area contributed by atoms with Crippen LogP contribution in [0.25, 0.3) is 10.1 Å². The van der Waals surface area contributed by atoms with Crippen molar-refractivity contribution in [3.63, 3.8) is 0 Å². The van der Waals surface area contributed by atoms with Crippen molar-refractivity contribution in [2.24, 2.45) is 16.7 Å². The molecule has 0 N–H and O–H groups in total. The molecule has 0 amide bonds. The number of hydrogen-bond donors (Lipinski definition) is 0. The number of thiophene rings is 1. The van der Waals surface area contributed by atoms with Gasteiger partial charge in [0.05, 0.1) is 5.38 Å². The average Bonchev–Trinajstić information content (AvgIpc) is 2.66. The van der Waals surface area contributed by atoms with Crippen LogP contribution in [-0.4, -0.2) is 0 Å². The molecule has 0 aliphatic heterocycles. The van der Waals surface area contributed by atoms with E-state index in [4.69, 9.17) is 11.6 Å². The Labute approximate surface area is 132 Å². The van der Waals surface area contributed by atoms with Gasteiger partial charge in [-0.15, -0.1) is 22.9 Å². The molecule has 19 heavy (non-hydrogen) atoms. The van der Waals surface area contributed by atoms with Crippen LogP contribution < -0.4 is 0 Å². The number of rotatable bonds is 2. The predicted molar refractivity (Wildman–Crippen MR) is 89.2 cm³/mol. The van der Waals surface area contributed by atoms with Gasteiger partial charge in [-0.3, -0.25) is 0 Å². The summed E-state index contributed by atoms with van der Waals surface area (Å²) in [5.74, 6) is 0.540. The van der Waals surface area contributed by atoms with E-state index >= 15 is 0 Å². The first-order valence-electron chi connectivity index (χ1n) is 6.58. The molecule has 0 spiro atoms. The van der Waals surface area contributed by atoms with Gasteiger partial charge in [0.15, 0.2) is 0 Å². The van der Waals surface area contributed by atoms with Crippen LogP contribution in [0.15, 0.2) is 28.1 Å². The summed E-state index contributed by atoms with van der Waals surface area (Å²) in [7, 11) is 0. The summed E-state index contributed by atoms with van der Waals surface area (Å²) in [6.45, 7) is 9.32. The zero-order valence-electron chi connectivity index (χ0n) is 11.6. The van der Waals surface area contributed by atoms with Gasteiger partial charge in [0, 0.05) is 9.17 Å². The maximum absolute atomic E-state index is 6.84. The summed E-state index contributed by atoms with van der Waals surface area (Å²) in [4.78, 5) is 0. The second kappa shape index (κ2) is 4.22. The normalized spacial score (nSPS) is 22.6. The molecule has 3 heteroatoms. The highest BCUT2D eigenvalue weighted by molar-refractivity contribution is 9.10. The van der Waals surface area contributed by atoms with Gasteiger partial charge in [-0.05, 0) is 55.1 Å². The minimum absolute atomic E-state index is 0.105. The predicted octanol–water partition coefficient (Wildman–Crippen LogP) is 6.63. The van der Waals surface area contributed by atoms with Gasteiger partial charge in [0.1, 0.15) is 0 Å². The quantitative estimate of drug-likeness (QED) is 0.529. The van der Waals surface area contributed by atoms with Gasteiger partial charge in [-0.1, -0.05) is 39.8 Å². The molecule has 102 valence electrons. The number of fused-ring (bicyclic) bond motifs is 1. The van der Waals surface area contributed by atoms with E-state index in [9.17, 15) is 0 Å². The summed E-state index contributed by atoms with van der Waals surface area (Å²) in [6.07, 6.45) is 0. The molecular formula is C16H18BrClS. The highest BCUT2D eigenvalue weighted by Crippen LogP contribution is 2.74. The molecule has 0 radical (unpaired) electrons. The second-order valence-electron chi connectivity index (χ2n) is 6.63. The van der Waals surface area contributed by atoms with E-state index in [0.29, 0.717) is 16.7 Å². The lowest BCUT2D eigenvalue weighted by Crippen LogP contribution is -1.98. The minimum atomic E-state index is 0.105. The summed E-state index contributed by atoms with van der Waals surface area (Å²) in [5, 5.41) is 3.64. The zero-order valence-corrected chi connectivity index (χ0v) is 14.8. The largest absolute Gasteiger partial charge is 0.142 e. The molecular weight excluding hydrogens is 340 g/mol. The summed E-state index contributed by atoms with van der Waals surface area (Å²) in [6, 6.07) is 6.37. The highest BCUT2D eigenvalue weighted by Gasteiger charge is 2.67. The van der Waals surface area contributed by atoms with Crippen molar-refractivity contribution in [2.45, 2.75) is 33.1 Å². The summed E-state index contributed by atoms with van der Waals surface area (Å²) >= 11 is 12.2. The number of benzene rings is 1. The van der Waals surface area contributed by atoms with E-state index in [1.165, 1.54) is 20.1 Å². The molecule has 1 heterocycles. The van der Waals surface area contributed by atoms with Gasteiger partial charge in [0.25, 0.3) is 0 Å². The van der Waals surface area contributed by atoms with Crippen LogP contribution in [0.2, 0.25) is 0 Å². The Morgan fingerprint density at radius 2 is 1.84 bits per heavy atom. The molecule has 1 unspecified atom stereocenters. The van der Waals surface area contributed by atoms with E-state index in [-0.39, 0.29) is 5.38 Å². The molecule has 0 saturated heterocycles. The maximum Gasteiger partial charge on any atom is 0.0638 e. The van der Waals surface area contributed by atoms with Crippen molar-refractivity contribution >= 4 is 49.0 Å². The van der Waals surface area contributed by atoms with Crippen molar-refractivity contribution in [2.75, 3.05) is 0 Å². The topological polar surface area (TPSA) is 0 Å². The third-order valence-electron chi connectivity index (χ3n) is 5.30. The number of alkyl halides is 1. The lowest BCUT2D eigenvalue weighted by Gasteiger charge is -2.11. The molecule has 1 aromatic carbocycles. The first kappa shape index (κ1) is 13.9. The number of hydrogen-bond acceptors (Lipinski definition) is 1. The molecule has 1 saturated carbocycles. The standard InChI is InChI=1S/C16H18BrClS/c1-15(2)14(16(15,3)4)12(18)10-8-19-13-9(10)6-5-7-11(13)17/h5-8,12,14H,1-4H3.